The minimum absolute atomic E-state index is 0.329. The fraction of sp³-hybridized carbons (Fsp3) is 0.462. The predicted molar refractivity (Wildman–Crippen MR) is 81.6 cm³/mol. The van der Waals surface area contributed by atoms with E-state index < -0.39 is 10.0 Å². The molecule has 21 heavy (non-hydrogen) atoms. The van der Waals surface area contributed by atoms with Gasteiger partial charge in [0.1, 0.15) is 0 Å². The molecule has 114 valence electrons. The maximum absolute atomic E-state index is 12.2. The molecule has 0 aliphatic heterocycles. The lowest BCUT2D eigenvalue weighted by atomic mass is 10.4. The highest BCUT2D eigenvalue weighted by atomic mass is 32.2. The molecule has 6 nitrogen and oxygen atoms in total. The maximum Gasteiger partial charge on any atom is 0.241 e. The van der Waals surface area contributed by atoms with Crippen molar-refractivity contribution >= 4 is 21.4 Å². The predicted octanol–water partition coefficient (Wildman–Crippen LogP) is 1.18. The van der Waals surface area contributed by atoms with Gasteiger partial charge in [-0.15, -0.1) is 11.3 Å². The van der Waals surface area contributed by atoms with Crippen LogP contribution in [0.3, 0.4) is 0 Å². The van der Waals surface area contributed by atoms with E-state index in [2.05, 4.69) is 15.1 Å². The molecule has 1 aliphatic rings. The van der Waals surface area contributed by atoms with Gasteiger partial charge in [0.05, 0.1) is 11.4 Å². The Bertz CT molecular complexity index is 675. The van der Waals surface area contributed by atoms with Crippen LogP contribution in [0, 0.1) is 0 Å². The highest BCUT2D eigenvalue weighted by Gasteiger charge is 2.21. The Morgan fingerprint density at radius 1 is 1.43 bits per heavy atom. The van der Waals surface area contributed by atoms with E-state index in [0.29, 0.717) is 24.0 Å². The first kappa shape index (κ1) is 14.7. The van der Waals surface area contributed by atoms with Crippen LogP contribution in [-0.4, -0.2) is 30.8 Å². The van der Waals surface area contributed by atoms with E-state index in [-0.39, 0.29) is 0 Å². The Morgan fingerprint density at radius 2 is 2.29 bits per heavy atom. The van der Waals surface area contributed by atoms with E-state index in [4.69, 9.17) is 0 Å². The van der Waals surface area contributed by atoms with Gasteiger partial charge in [-0.05, 0) is 25.0 Å². The molecule has 3 rings (SSSR count). The number of thiophene rings is 1. The van der Waals surface area contributed by atoms with Crippen LogP contribution in [0.25, 0.3) is 0 Å². The fourth-order valence-electron chi connectivity index (χ4n) is 1.94. The van der Waals surface area contributed by atoms with Crippen LogP contribution in [0.4, 0.5) is 0 Å². The van der Waals surface area contributed by atoms with Crippen LogP contribution in [0.2, 0.25) is 0 Å². The molecule has 0 radical (unpaired) electrons. The number of sulfonamides is 1. The number of rotatable bonds is 8. The van der Waals surface area contributed by atoms with Crippen LogP contribution in [0.5, 0.6) is 0 Å². The third-order valence-corrected chi connectivity index (χ3v) is 5.80. The van der Waals surface area contributed by atoms with Gasteiger partial charge in [0.15, 0.2) is 0 Å². The van der Waals surface area contributed by atoms with Gasteiger partial charge in [0.2, 0.25) is 10.0 Å². The Morgan fingerprint density at radius 3 is 3.00 bits per heavy atom. The molecule has 0 unspecified atom stereocenters. The van der Waals surface area contributed by atoms with Gasteiger partial charge < -0.3 is 5.32 Å². The quantitative estimate of drug-likeness (QED) is 0.764. The van der Waals surface area contributed by atoms with Gasteiger partial charge in [-0.1, -0.05) is 0 Å². The van der Waals surface area contributed by atoms with Crippen molar-refractivity contribution in [3.05, 3.63) is 34.8 Å². The number of aromatic nitrogens is 2. The molecule has 2 aromatic rings. The number of nitrogens with one attached hydrogen (secondary N) is 2. The number of nitrogens with zero attached hydrogens (tertiary/aromatic N) is 2. The van der Waals surface area contributed by atoms with Crippen molar-refractivity contribution in [1.82, 2.24) is 19.8 Å². The van der Waals surface area contributed by atoms with Crippen molar-refractivity contribution in [2.75, 3.05) is 6.54 Å². The minimum atomic E-state index is -3.42. The van der Waals surface area contributed by atoms with Gasteiger partial charge in [-0.3, -0.25) is 4.68 Å². The Hall–Kier alpha value is -1.22. The van der Waals surface area contributed by atoms with E-state index in [1.54, 1.807) is 28.5 Å². The van der Waals surface area contributed by atoms with Gasteiger partial charge in [0.25, 0.3) is 0 Å². The van der Waals surface area contributed by atoms with Gasteiger partial charge >= 0.3 is 0 Å². The first-order chi connectivity index (χ1) is 10.1. The summed E-state index contributed by atoms with van der Waals surface area (Å²) in [5, 5.41) is 9.11. The largest absolute Gasteiger partial charge is 0.309 e. The topological polar surface area (TPSA) is 76.0 Å². The molecule has 0 bridgehead atoms. The van der Waals surface area contributed by atoms with Crippen molar-refractivity contribution in [3.8, 4) is 0 Å². The van der Waals surface area contributed by atoms with Crippen molar-refractivity contribution in [2.45, 2.75) is 36.9 Å². The molecule has 2 aromatic heterocycles. The highest BCUT2D eigenvalue weighted by Crippen LogP contribution is 2.22. The van der Waals surface area contributed by atoms with Crippen molar-refractivity contribution in [3.63, 3.8) is 0 Å². The average Bonchev–Trinajstić information content (AvgIpc) is 2.93. The first-order valence-corrected chi connectivity index (χ1v) is 9.28. The number of hydrogen-bond donors (Lipinski definition) is 2. The molecule has 1 aliphatic carbocycles. The zero-order valence-corrected chi connectivity index (χ0v) is 13.2. The van der Waals surface area contributed by atoms with E-state index in [1.165, 1.54) is 24.2 Å². The van der Waals surface area contributed by atoms with Gasteiger partial charge in [0, 0.05) is 41.8 Å². The summed E-state index contributed by atoms with van der Waals surface area (Å²) in [6.07, 6.45) is 5.93. The monoisotopic (exact) mass is 326 g/mol. The lowest BCUT2D eigenvalue weighted by Gasteiger charge is -2.05. The second-order valence-electron chi connectivity index (χ2n) is 5.07. The third kappa shape index (κ3) is 4.13. The highest BCUT2D eigenvalue weighted by molar-refractivity contribution is 7.89. The van der Waals surface area contributed by atoms with Gasteiger partial charge in [-0.2, -0.15) is 5.10 Å². The van der Waals surface area contributed by atoms with E-state index in [9.17, 15) is 8.42 Å². The molecule has 0 amide bonds. The molecule has 0 saturated heterocycles. The summed E-state index contributed by atoms with van der Waals surface area (Å²) in [5.41, 5.74) is 0. The fourth-order valence-corrected chi connectivity index (χ4v) is 4.18. The lowest BCUT2D eigenvalue weighted by molar-refractivity contribution is 0.561. The molecule has 8 heteroatoms. The minimum Gasteiger partial charge on any atom is -0.309 e. The average molecular weight is 326 g/mol. The summed E-state index contributed by atoms with van der Waals surface area (Å²) in [4.78, 5) is 1.40. The molecule has 1 fully saturated rings. The molecule has 0 spiro atoms. The molecule has 2 N–H and O–H groups in total. The first-order valence-electron chi connectivity index (χ1n) is 6.91. The normalized spacial score (nSPS) is 15.4. The zero-order valence-electron chi connectivity index (χ0n) is 11.5. The molecular weight excluding hydrogens is 308 g/mol. The number of hydrogen-bond acceptors (Lipinski definition) is 5. The van der Waals surface area contributed by atoms with E-state index >= 15 is 0 Å². The lowest BCUT2D eigenvalue weighted by Crippen LogP contribution is -2.27. The zero-order chi connectivity index (χ0) is 14.7. The van der Waals surface area contributed by atoms with Crippen LogP contribution in [-0.2, 0) is 23.1 Å². The summed E-state index contributed by atoms with van der Waals surface area (Å²) < 4.78 is 28.6. The summed E-state index contributed by atoms with van der Waals surface area (Å²) in [5.74, 6) is 0. The Kier molecular flexibility index (Phi) is 4.39. The van der Waals surface area contributed by atoms with E-state index in [1.807, 2.05) is 6.07 Å². The van der Waals surface area contributed by atoms with Crippen molar-refractivity contribution in [1.29, 1.82) is 0 Å². The maximum atomic E-state index is 12.2. The standard InChI is InChI=1S/C13H18N4O2S2/c18-21(19,16-5-7-17-6-1-4-15-17)13-8-12(20-10-13)9-14-11-2-3-11/h1,4,6,8,10-11,14,16H,2-3,5,7,9H2. The summed E-state index contributed by atoms with van der Waals surface area (Å²) in [7, 11) is -3.42. The second kappa shape index (κ2) is 6.27. The molecule has 0 atom stereocenters. The third-order valence-electron chi connectivity index (χ3n) is 3.27. The van der Waals surface area contributed by atoms with Crippen LogP contribution < -0.4 is 10.0 Å². The Balaban J connectivity index is 1.53. The smallest absolute Gasteiger partial charge is 0.241 e. The van der Waals surface area contributed by atoms with Crippen molar-refractivity contribution in [2.24, 2.45) is 0 Å². The van der Waals surface area contributed by atoms with Crippen LogP contribution in [0.15, 0.2) is 34.8 Å². The molecule has 1 saturated carbocycles. The molecule has 2 heterocycles. The SMILES string of the molecule is O=S(=O)(NCCn1cccn1)c1csc(CNC2CC2)c1. The van der Waals surface area contributed by atoms with Gasteiger partial charge in [-0.25, -0.2) is 13.1 Å². The second-order valence-corrected chi connectivity index (χ2v) is 7.83. The molecular formula is C13H18N4O2S2. The van der Waals surface area contributed by atoms with Crippen LogP contribution in [0.1, 0.15) is 17.7 Å². The Labute approximate surface area is 128 Å². The summed E-state index contributed by atoms with van der Waals surface area (Å²) in [6.45, 7) is 1.60. The molecule has 0 aromatic carbocycles. The van der Waals surface area contributed by atoms with Crippen molar-refractivity contribution < 1.29 is 8.42 Å². The van der Waals surface area contributed by atoms with E-state index in [0.717, 1.165) is 11.4 Å². The summed E-state index contributed by atoms with van der Waals surface area (Å²) in [6, 6.07) is 4.18. The van der Waals surface area contributed by atoms with Crippen LogP contribution >= 0.6 is 11.3 Å². The summed E-state index contributed by atoms with van der Waals surface area (Å²) >= 11 is 1.48.